The summed E-state index contributed by atoms with van der Waals surface area (Å²) >= 11 is 0. The Bertz CT molecular complexity index is 278. The Morgan fingerprint density at radius 2 is 1.54 bits per heavy atom. The molecule has 0 aromatic rings. The van der Waals surface area contributed by atoms with Crippen LogP contribution in [0.4, 0.5) is 0 Å². The number of rotatable bonds is 1. The molecule has 0 amide bonds. The van der Waals surface area contributed by atoms with Crippen LogP contribution in [0, 0.1) is 29.6 Å². The minimum absolute atomic E-state index is 0.148. The summed E-state index contributed by atoms with van der Waals surface area (Å²) in [6.45, 7) is 0.214. The largest absolute Gasteiger partial charge is 0.396 e. The Balaban J connectivity index is 2.00. The highest BCUT2D eigenvalue weighted by Gasteiger charge is 2.56. The first kappa shape index (κ1) is 7.77. The minimum atomic E-state index is -0.387. The molecule has 0 spiro atoms. The summed E-state index contributed by atoms with van der Waals surface area (Å²) in [6, 6.07) is 0. The molecule has 13 heavy (non-hydrogen) atoms. The molecule has 3 rings (SSSR count). The van der Waals surface area contributed by atoms with Gasteiger partial charge in [0.25, 0.3) is 0 Å². The maximum absolute atomic E-state index is 9.76. The molecule has 0 unspecified atom stereocenters. The maximum Gasteiger partial charge on any atom is 0.0787 e. The summed E-state index contributed by atoms with van der Waals surface area (Å²) in [6.07, 6.45) is 7.96. The molecule has 0 heterocycles. The zero-order valence-electron chi connectivity index (χ0n) is 7.38. The fraction of sp³-hybridized carbons (Fsp3) is 0.636. The standard InChI is InChI=1S/C11H14O2/c12-5-9-6-1-2-7-8(11(7)9)3-4-10(6)13/h1-4,6-13H,5H2/t6-,7+,8+,9-,10+,11-/m0/s1. The molecule has 1 fully saturated rings. The van der Waals surface area contributed by atoms with Crippen molar-refractivity contribution in [1.29, 1.82) is 0 Å². The third-order valence-corrected chi connectivity index (χ3v) is 3.87. The fourth-order valence-electron chi connectivity index (χ4n) is 3.11. The van der Waals surface area contributed by atoms with Gasteiger partial charge in [0, 0.05) is 12.5 Å². The molecule has 0 saturated heterocycles. The normalized spacial score (nSPS) is 56.2. The van der Waals surface area contributed by atoms with E-state index in [2.05, 4.69) is 18.2 Å². The molecular weight excluding hydrogens is 164 g/mol. The van der Waals surface area contributed by atoms with Crippen molar-refractivity contribution >= 4 is 0 Å². The molecule has 3 aliphatic rings. The Morgan fingerprint density at radius 1 is 0.923 bits per heavy atom. The molecule has 0 aromatic carbocycles. The Labute approximate surface area is 77.6 Å². The smallest absolute Gasteiger partial charge is 0.0787 e. The Hall–Kier alpha value is -0.600. The summed E-state index contributed by atoms with van der Waals surface area (Å²) in [5.74, 6) is 2.28. The number of aliphatic hydroxyl groups is 2. The van der Waals surface area contributed by atoms with Gasteiger partial charge in [0.15, 0.2) is 0 Å². The van der Waals surface area contributed by atoms with Crippen LogP contribution in [0.1, 0.15) is 0 Å². The second-order valence-electron chi connectivity index (χ2n) is 4.42. The van der Waals surface area contributed by atoms with E-state index in [0.717, 1.165) is 0 Å². The molecule has 0 aliphatic heterocycles. The van der Waals surface area contributed by atoms with Gasteiger partial charge < -0.3 is 10.2 Å². The highest BCUT2D eigenvalue weighted by molar-refractivity contribution is 5.27. The van der Waals surface area contributed by atoms with Crippen LogP contribution in [0.15, 0.2) is 24.3 Å². The first-order valence-electron chi connectivity index (χ1n) is 4.98. The SMILES string of the molecule is OC[C@H]1[C@@H]2C=C[C@@H]3[C@@H](C=C[C@H]2O)[C@H]31. The molecule has 2 N–H and O–H groups in total. The van der Waals surface area contributed by atoms with E-state index in [-0.39, 0.29) is 24.5 Å². The van der Waals surface area contributed by atoms with E-state index in [9.17, 15) is 10.2 Å². The van der Waals surface area contributed by atoms with Crippen molar-refractivity contribution in [3.05, 3.63) is 24.3 Å². The molecule has 2 bridgehead atoms. The highest BCUT2D eigenvalue weighted by atomic mass is 16.3. The number of hydrogen-bond donors (Lipinski definition) is 2. The van der Waals surface area contributed by atoms with E-state index in [1.165, 1.54) is 0 Å². The van der Waals surface area contributed by atoms with Gasteiger partial charge in [-0.3, -0.25) is 0 Å². The maximum atomic E-state index is 9.76. The summed E-state index contributed by atoms with van der Waals surface area (Å²) in [5, 5.41) is 19.0. The summed E-state index contributed by atoms with van der Waals surface area (Å²) in [7, 11) is 0. The van der Waals surface area contributed by atoms with Crippen molar-refractivity contribution in [3.63, 3.8) is 0 Å². The molecule has 6 atom stereocenters. The van der Waals surface area contributed by atoms with Crippen LogP contribution in [0.3, 0.4) is 0 Å². The van der Waals surface area contributed by atoms with Gasteiger partial charge >= 0.3 is 0 Å². The number of allylic oxidation sites excluding steroid dienone is 2. The van der Waals surface area contributed by atoms with Gasteiger partial charge in [-0.2, -0.15) is 0 Å². The Kier molecular flexibility index (Phi) is 1.47. The van der Waals surface area contributed by atoms with Gasteiger partial charge in [0.05, 0.1) is 6.10 Å². The summed E-state index contributed by atoms with van der Waals surface area (Å²) in [5.41, 5.74) is 0. The van der Waals surface area contributed by atoms with Crippen LogP contribution in [-0.4, -0.2) is 22.9 Å². The molecule has 0 radical (unpaired) electrons. The Morgan fingerprint density at radius 3 is 2.23 bits per heavy atom. The second kappa shape index (κ2) is 2.46. The molecular formula is C11H14O2. The van der Waals surface area contributed by atoms with Crippen LogP contribution in [0.2, 0.25) is 0 Å². The fourth-order valence-corrected chi connectivity index (χ4v) is 3.11. The topological polar surface area (TPSA) is 40.5 Å². The first-order valence-corrected chi connectivity index (χ1v) is 4.98. The van der Waals surface area contributed by atoms with Crippen molar-refractivity contribution in [2.45, 2.75) is 6.10 Å². The van der Waals surface area contributed by atoms with Crippen molar-refractivity contribution in [2.24, 2.45) is 29.6 Å². The van der Waals surface area contributed by atoms with Crippen molar-refractivity contribution in [1.82, 2.24) is 0 Å². The van der Waals surface area contributed by atoms with Crippen LogP contribution in [0.5, 0.6) is 0 Å². The predicted octanol–water partition coefficient (Wildman–Crippen LogP) is 0.574. The number of hydrogen-bond acceptors (Lipinski definition) is 2. The minimum Gasteiger partial charge on any atom is -0.396 e. The quantitative estimate of drug-likeness (QED) is 0.576. The zero-order chi connectivity index (χ0) is 9.00. The van der Waals surface area contributed by atoms with Crippen LogP contribution >= 0.6 is 0 Å². The lowest BCUT2D eigenvalue weighted by Crippen LogP contribution is -2.30. The first-order chi connectivity index (χ1) is 6.33. The van der Waals surface area contributed by atoms with E-state index >= 15 is 0 Å². The summed E-state index contributed by atoms with van der Waals surface area (Å²) in [4.78, 5) is 0. The average molecular weight is 178 g/mol. The van der Waals surface area contributed by atoms with Gasteiger partial charge in [-0.05, 0) is 23.7 Å². The van der Waals surface area contributed by atoms with E-state index in [1.807, 2.05) is 6.08 Å². The van der Waals surface area contributed by atoms with Crippen LogP contribution in [0.25, 0.3) is 0 Å². The molecule has 2 nitrogen and oxygen atoms in total. The molecule has 70 valence electrons. The zero-order valence-corrected chi connectivity index (χ0v) is 7.38. The van der Waals surface area contributed by atoms with E-state index < -0.39 is 0 Å². The van der Waals surface area contributed by atoms with Gasteiger partial charge in [-0.15, -0.1) is 0 Å². The molecule has 1 saturated carbocycles. The van der Waals surface area contributed by atoms with Crippen LogP contribution in [-0.2, 0) is 0 Å². The van der Waals surface area contributed by atoms with Gasteiger partial charge in [0.2, 0.25) is 0 Å². The lowest BCUT2D eigenvalue weighted by atomic mass is 9.81. The van der Waals surface area contributed by atoms with Crippen molar-refractivity contribution in [2.75, 3.05) is 6.61 Å². The van der Waals surface area contributed by atoms with Crippen molar-refractivity contribution in [3.8, 4) is 0 Å². The lowest BCUT2D eigenvalue weighted by Gasteiger charge is -2.27. The van der Waals surface area contributed by atoms with E-state index in [0.29, 0.717) is 17.8 Å². The number of fused-ring (bicyclic) bond motifs is 2. The predicted molar refractivity (Wildman–Crippen MR) is 48.8 cm³/mol. The number of aliphatic hydroxyl groups excluding tert-OH is 2. The third-order valence-electron chi connectivity index (χ3n) is 3.87. The van der Waals surface area contributed by atoms with E-state index in [1.54, 1.807) is 0 Å². The lowest BCUT2D eigenvalue weighted by molar-refractivity contribution is 0.0885. The van der Waals surface area contributed by atoms with Gasteiger partial charge in [0.1, 0.15) is 0 Å². The van der Waals surface area contributed by atoms with Crippen molar-refractivity contribution < 1.29 is 10.2 Å². The third kappa shape index (κ3) is 0.903. The van der Waals surface area contributed by atoms with E-state index in [4.69, 9.17) is 0 Å². The highest BCUT2D eigenvalue weighted by Crippen LogP contribution is 2.59. The molecule has 3 aliphatic carbocycles. The van der Waals surface area contributed by atoms with Gasteiger partial charge in [-0.25, -0.2) is 0 Å². The molecule has 0 aromatic heterocycles. The van der Waals surface area contributed by atoms with Crippen LogP contribution < -0.4 is 0 Å². The monoisotopic (exact) mass is 178 g/mol. The average Bonchev–Trinajstić information content (AvgIpc) is 2.84. The second-order valence-corrected chi connectivity index (χ2v) is 4.42. The molecule has 2 heteroatoms. The van der Waals surface area contributed by atoms with Gasteiger partial charge in [-0.1, -0.05) is 24.3 Å². The summed E-state index contributed by atoms with van der Waals surface area (Å²) < 4.78 is 0.